The molecule has 0 saturated carbocycles. The number of unbranched alkanes of at least 4 members (excludes halogenated alkanes) is 15. The molecule has 0 amide bonds. The molecular formula is C23H50N2. The average Bonchev–Trinajstić information content (AvgIpc) is 2.60. The maximum Gasteiger partial charge on any atom is -0.00127 e. The molecule has 0 saturated heterocycles. The van der Waals surface area contributed by atoms with E-state index in [1.54, 1.807) is 0 Å². The summed E-state index contributed by atoms with van der Waals surface area (Å²) in [5.41, 5.74) is 0. The number of hydrogen-bond acceptors (Lipinski definition) is 2. The van der Waals surface area contributed by atoms with Gasteiger partial charge in [0.25, 0.3) is 0 Å². The molecule has 0 aromatic carbocycles. The van der Waals surface area contributed by atoms with Gasteiger partial charge in [0, 0.05) is 0 Å². The topological polar surface area (TPSA) is 15.3 Å². The molecule has 0 aliphatic carbocycles. The van der Waals surface area contributed by atoms with Crippen LogP contribution in [0.1, 0.15) is 116 Å². The highest BCUT2D eigenvalue weighted by Crippen LogP contribution is 2.13. The van der Waals surface area contributed by atoms with E-state index in [0.29, 0.717) is 0 Å². The summed E-state index contributed by atoms with van der Waals surface area (Å²) in [7, 11) is 4.30. The Bertz CT molecular complexity index is 228. The minimum absolute atomic E-state index is 1.18. The molecule has 0 fully saturated rings. The third-order valence-corrected chi connectivity index (χ3v) is 5.17. The van der Waals surface area contributed by atoms with Crippen LogP contribution >= 0.6 is 0 Å². The van der Waals surface area contributed by atoms with Crippen molar-refractivity contribution in [1.29, 1.82) is 0 Å². The molecule has 0 unspecified atom stereocenters. The molecule has 0 heterocycles. The molecule has 0 aliphatic heterocycles. The second kappa shape index (κ2) is 22.0. The predicted molar refractivity (Wildman–Crippen MR) is 116 cm³/mol. The van der Waals surface area contributed by atoms with Gasteiger partial charge in [-0.3, -0.25) is 0 Å². The Balaban J connectivity index is 2.96. The fraction of sp³-hybridized carbons (Fsp3) is 1.00. The van der Waals surface area contributed by atoms with Gasteiger partial charge in [-0.15, -0.1) is 0 Å². The third-order valence-electron chi connectivity index (χ3n) is 5.17. The van der Waals surface area contributed by atoms with Gasteiger partial charge in [-0.25, -0.2) is 0 Å². The first kappa shape index (κ1) is 24.9. The van der Waals surface area contributed by atoms with Crippen LogP contribution in [0.4, 0.5) is 0 Å². The summed E-state index contributed by atoms with van der Waals surface area (Å²) in [5, 5.41) is 3.56. The van der Waals surface area contributed by atoms with Gasteiger partial charge in [-0.2, -0.15) is 0 Å². The molecule has 0 radical (unpaired) electrons. The molecule has 1 N–H and O–H groups in total. The highest BCUT2D eigenvalue weighted by Gasteiger charge is 1.95. The molecule has 2 heteroatoms. The smallest absolute Gasteiger partial charge is 0.00127 e. The highest BCUT2D eigenvalue weighted by molar-refractivity contribution is 4.53. The maximum absolute atomic E-state index is 3.56. The van der Waals surface area contributed by atoms with E-state index in [-0.39, 0.29) is 0 Å². The molecule has 2 nitrogen and oxygen atoms in total. The van der Waals surface area contributed by atoms with Crippen LogP contribution in [0.3, 0.4) is 0 Å². The quantitative estimate of drug-likeness (QED) is 0.228. The number of nitrogens with zero attached hydrogens (tertiary/aromatic N) is 1. The summed E-state index contributed by atoms with van der Waals surface area (Å²) in [6.07, 6.45) is 24.5. The Morgan fingerprint density at radius 3 is 1.24 bits per heavy atom. The molecule has 0 atom stereocenters. The van der Waals surface area contributed by atoms with Gasteiger partial charge < -0.3 is 10.2 Å². The van der Waals surface area contributed by atoms with Crippen LogP contribution in [-0.2, 0) is 0 Å². The summed E-state index contributed by atoms with van der Waals surface area (Å²) in [6.45, 7) is 5.89. The van der Waals surface area contributed by atoms with E-state index in [1.165, 1.54) is 129 Å². The number of nitrogens with one attached hydrogen (secondary N) is 1. The maximum atomic E-state index is 3.56. The Kier molecular flexibility index (Phi) is 21.9. The summed E-state index contributed by atoms with van der Waals surface area (Å²) in [5.74, 6) is 0. The molecule has 0 bridgehead atoms. The van der Waals surface area contributed by atoms with E-state index in [9.17, 15) is 0 Å². The molecular weight excluding hydrogens is 304 g/mol. The van der Waals surface area contributed by atoms with Gasteiger partial charge in [-0.05, 0) is 46.6 Å². The first-order valence-electron chi connectivity index (χ1n) is 11.6. The Morgan fingerprint density at radius 2 is 0.840 bits per heavy atom. The summed E-state index contributed by atoms with van der Waals surface area (Å²) in [4.78, 5) is 2.26. The van der Waals surface area contributed by atoms with Gasteiger partial charge in [0.05, 0.1) is 0 Å². The summed E-state index contributed by atoms with van der Waals surface area (Å²) >= 11 is 0. The van der Waals surface area contributed by atoms with Gasteiger partial charge in [-0.1, -0.05) is 103 Å². The molecule has 0 aliphatic rings. The first-order valence-corrected chi connectivity index (χ1v) is 11.6. The van der Waals surface area contributed by atoms with E-state index in [4.69, 9.17) is 0 Å². The first-order chi connectivity index (χ1) is 12.3. The highest BCUT2D eigenvalue weighted by atomic mass is 15.0. The molecule has 0 spiro atoms. The van der Waals surface area contributed by atoms with Crippen molar-refractivity contribution in [2.24, 2.45) is 0 Å². The monoisotopic (exact) mass is 354 g/mol. The van der Waals surface area contributed by atoms with Gasteiger partial charge in [0.1, 0.15) is 0 Å². The number of hydrogen-bond donors (Lipinski definition) is 1. The Hall–Kier alpha value is -0.0800. The van der Waals surface area contributed by atoms with E-state index >= 15 is 0 Å². The SMILES string of the molecule is CCCCCCCCCCCCCCCCCCNCCCN(C)C. The lowest BCUT2D eigenvalue weighted by Gasteiger charge is -2.09. The van der Waals surface area contributed by atoms with Crippen molar-refractivity contribution in [3.8, 4) is 0 Å². The molecule has 0 rings (SSSR count). The van der Waals surface area contributed by atoms with Crippen molar-refractivity contribution < 1.29 is 0 Å². The summed E-state index contributed by atoms with van der Waals surface area (Å²) < 4.78 is 0. The zero-order chi connectivity index (χ0) is 18.4. The van der Waals surface area contributed by atoms with Gasteiger partial charge in [0.15, 0.2) is 0 Å². The van der Waals surface area contributed by atoms with E-state index in [2.05, 4.69) is 31.2 Å². The van der Waals surface area contributed by atoms with Crippen molar-refractivity contribution in [3.63, 3.8) is 0 Å². The Morgan fingerprint density at radius 1 is 0.480 bits per heavy atom. The zero-order valence-electron chi connectivity index (χ0n) is 18.1. The van der Waals surface area contributed by atoms with Crippen molar-refractivity contribution in [2.75, 3.05) is 33.7 Å². The van der Waals surface area contributed by atoms with E-state index in [0.717, 1.165) is 0 Å². The zero-order valence-corrected chi connectivity index (χ0v) is 18.1. The fourth-order valence-electron chi connectivity index (χ4n) is 3.44. The Labute approximate surface area is 160 Å². The van der Waals surface area contributed by atoms with Crippen molar-refractivity contribution in [2.45, 2.75) is 116 Å². The van der Waals surface area contributed by atoms with E-state index in [1.807, 2.05) is 0 Å². The van der Waals surface area contributed by atoms with Gasteiger partial charge >= 0.3 is 0 Å². The lowest BCUT2D eigenvalue weighted by atomic mass is 10.0. The van der Waals surface area contributed by atoms with Crippen LogP contribution < -0.4 is 5.32 Å². The van der Waals surface area contributed by atoms with Crippen LogP contribution in [0.5, 0.6) is 0 Å². The van der Waals surface area contributed by atoms with Gasteiger partial charge in [0.2, 0.25) is 0 Å². The molecule has 0 aromatic rings. The molecule has 25 heavy (non-hydrogen) atoms. The normalized spacial score (nSPS) is 11.5. The third kappa shape index (κ3) is 23.9. The minimum Gasteiger partial charge on any atom is -0.317 e. The van der Waals surface area contributed by atoms with Crippen LogP contribution in [0.15, 0.2) is 0 Å². The predicted octanol–water partition coefficient (Wildman–Crippen LogP) is 6.79. The molecule has 152 valence electrons. The number of rotatable bonds is 21. The van der Waals surface area contributed by atoms with Crippen LogP contribution in [0.2, 0.25) is 0 Å². The fourth-order valence-corrected chi connectivity index (χ4v) is 3.44. The van der Waals surface area contributed by atoms with Crippen molar-refractivity contribution >= 4 is 0 Å². The van der Waals surface area contributed by atoms with Crippen LogP contribution in [0, 0.1) is 0 Å². The lowest BCUT2D eigenvalue weighted by Crippen LogP contribution is -2.22. The van der Waals surface area contributed by atoms with Crippen molar-refractivity contribution in [3.05, 3.63) is 0 Å². The second-order valence-electron chi connectivity index (χ2n) is 8.21. The summed E-state index contributed by atoms with van der Waals surface area (Å²) in [6, 6.07) is 0. The minimum atomic E-state index is 1.18. The van der Waals surface area contributed by atoms with Crippen LogP contribution in [0.25, 0.3) is 0 Å². The second-order valence-corrected chi connectivity index (χ2v) is 8.21. The van der Waals surface area contributed by atoms with E-state index < -0.39 is 0 Å². The van der Waals surface area contributed by atoms with Crippen molar-refractivity contribution in [1.82, 2.24) is 10.2 Å². The standard InChI is InChI=1S/C23H50N2/c1-4-5-6-7-8-9-10-11-12-13-14-15-16-17-18-19-21-24-22-20-23-25(2)3/h24H,4-23H2,1-3H3. The van der Waals surface area contributed by atoms with Crippen LogP contribution in [-0.4, -0.2) is 38.6 Å². The lowest BCUT2D eigenvalue weighted by molar-refractivity contribution is 0.393. The largest absolute Gasteiger partial charge is 0.317 e. The molecule has 0 aromatic heterocycles. The average molecular weight is 355 g/mol.